The van der Waals surface area contributed by atoms with Crippen molar-refractivity contribution < 1.29 is 24.0 Å². The second kappa shape index (κ2) is 5.53. The number of rotatable bonds is 4. The zero-order valence-electron chi connectivity index (χ0n) is 10.7. The summed E-state index contributed by atoms with van der Waals surface area (Å²) in [5.74, 6) is -2.55. The third-order valence-corrected chi connectivity index (χ3v) is 2.59. The molecule has 0 radical (unpaired) electrons. The van der Waals surface area contributed by atoms with Gasteiger partial charge in [-0.3, -0.25) is 10.1 Å². The molecule has 7 nitrogen and oxygen atoms in total. The Morgan fingerprint density at radius 3 is 2.76 bits per heavy atom. The van der Waals surface area contributed by atoms with Gasteiger partial charge in [-0.1, -0.05) is 6.07 Å². The van der Waals surface area contributed by atoms with Crippen molar-refractivity contribution in [3.63, 3.8) is 0 Å². The number of hydrogen-bond acceptors (Lipinski definition) is 5. The van der Waals surface area contributed by atoms with Crippen LogP contribution in [0.2, 0.25) is 0 Å². The highest BCUT2D eigenvalue weighted by molar-refractivity contribution is 5.92. The second-order valence-electron chi connectivity index (χ2n) is 4.14. The van der Waals surface area contributed by atoms with Gasteiger partial charge in [0.25, 0.3) is 0 Å². The lowest BCUT2D eigenvalue weighted by atomic mass is 10.2. The Bertz CT molecular complexity index is 732. The zero-order valence-corrected chi connectivity index (χ0v) is 10.7. The first-order chi connectivity index (χ1) is 9.88. The van der Waals surface area contributed by atoms with Crippen LogP contribution in [0, 0.1) is 22.9 Å². The number of aryl methyl sites for hydroxylation is 1. The summed E-state index contributed by atoms with van der Waals surface area (Å²) in [6, 6.07) is 5.00. The minimum Gasteiger partial charge on any atom is -0.477 e. The maximum atomic E-state index is 13.5. The Labute approximate surface area is 117 Å². The first-order valence-corrected chi connectivity index (χ1v) is 5.70. The standard InChI is InChI=1S/C13H9FN2O5/c1-7-2-3-9(14)11(4-7)21-12-5-8(13(17)18)10(6-15-12)16(19)20/h2-6H,1H3,(H,17,18). The number of carboxylic acid groups (broad SMARTS) is 1. The van der Waals surface area contributed by atoms with Gasteiger partial charge in [-0.25, -0.2) is 14.2 Å². The van der Waals surface area contributed by atoms with E-state index in [2.05, 4.69) is 4.98 Å². The number of aromatic carboxylic acids is 1. The molecule has 108 valence electrons. The number of nitrogens with zero attached hydrogens (tertiary/aromatic N) is 2. The predicted molar refractivity (Wildman–Crippen MR) is 69.1 cm³/mol. The van der Waals surface area contributed by atoms with Crippen LogP contribution in [0.5, 0.6) is 11.6 Å². The number of carboxylic acids is 1. The van der Waals surface area contributed by atoms with Crippen LogP contribution in [0.25, 0.3) is 0 Å². The summed E-state index contributed by atoms with van der Waals surface area (Å²) >= 11 is 0. The maximum absolute atomic E-state index is 13.5. The van der Waals surface area contributed by atoms with E-state index in [1.807, 2.05) is 0 Å². The van der Waals surface area contributed by atoms with Crippen molar-refractivity contribution in [2.45, 2.75) is 6.92 Å². The van der Waals surface area contributed by atoms with E-state index >= 15 is 0 Å². The molecule has 0 aliphatic rings. The van der Waals surface area contributed by atoms with Gasteiger partial charge in [0.15, 0.2) is 11.6 Å². The van der Waals surface area contributed by atoms with E-state index < -0.39 is 28.0 Å². The Hall–Kier alpha value is -3.03. The smallest absolute Gasteiger partial charge is 0.342 e. The summed E-state index contributed by atoms with van der Waals surface area (Å²) in [5.41, 5.74) is -0.524. The van der Waals surface area contributed by atoms with Crippen molar-refractivity contribution in [2.75, 3.05) is 0 Å². The van der Waals surface area contributed by atoms with Crippen LogP contribution in [0.3, 0.4) is 0 Å². The summed E-state index contributed by atoms with van der Waals surface area (Å²) < 4.78 is 18.7. The predicted octanol–water partition coefficient (Wildman–Crippen LogP) is 2.93. The highest BCUT2D eigenvalue weighted by Gasteiger charge is 2.22. The largest absolute Gasteiger partial charge is 0.477 e. The van der Waals surface area contributed by atoms with Crippen LogP contribution in [-0.4, -0.2) is 21.0 Å². The van der Waals surface area contributed by atoms with Gasteiger partial charge in [0.05, 0.1) is 4.92 Å². The van der Waals surface area contributed by atoms with E-state index in [9.17, 15) is 19.3 Å². The molecule has 0 aliphatic heterocycles. The average Bonchev–Trinajstić information content (AvgIpc) is 2.42. The fraction of sp³-hybridized carbons (Fsp3) is 0.0769. The van der Waals surface area contributed by atoms with Crippen LogP contribution < -0.4 is 4.74 Å². The quantitative estimate of drug-likeness (QED) is 0.686. The molecule has 0 atom stereocenters. The molecule has 0 amide bonds. The molecule has 0 saturated heterocycles. The Balaban J connectivity index is 2.41. The van der Waals surface area contributed by atoms with Crippen molar-refractivity contribution in [1.29, 1.82) is 0 Å². The van der Waals surface area contributed by atoms with Crippen molar-refractivity contribution in [3.8, 4) is 11.6 Å². The van der Waals surface area contributed by atoms with Gasteiger partial charge >= 0.3 is 11.7 Å². The van der Waals surface area contributed by atoms with E-state index in [1.165, 1.54) is 18.2 Å². The molecule has 0 fully saturated rings. The Morgan fingerprint density at radius 2 is 2.14 bits per heavy atom. The van der Waals surface area contributed by atoms with Crippen LogP contribution in [0.1, 0.15) is 15.9 Å². The highest BCUT2D eigenvalue weighted by Crippen LogP contribution is 2.27. The molecule has 1 N–H and O–H groups in total. The van der Waals surface area contributed by atoms with Gasteiger partial charge in [-0.2, -0.15) is 0 Å². The first-order valence-electron chi connectivity index (χ1n) is 5.70. The molecule has 0 saturated carbocycles. The monoisotopic (exact) mass is 292 g/mol. The first kappa shape index (κ1) is 14.4. The Morgan fingerprint density at radius 1 is 1.43 bits per heavy atom. The van der Waals surface area contributed by atoms with Crippen LogP contribution in [-0.2, 0) is 0 Å². The third-order valence-electron chi connectivity index (χ3n) is 2.59. The molecule has 0 unspecified atom stereocenters. The number of carbonyl (C=O) groups is 1. The molecule has 2 rings (SSSR count). The van der Waals surface area contributed by atoms with Gasteiger partial charge in [-0.15, -0.1) is 0 Å². The minimum absolute atomic E-state index is 0.146. The molecule has 1 aromatic heterocycles. The normalized spacial score (nSPS) is 10.2. The molecule has 21 heavy (non-hydrogen) atoms. The number of nitro groups is 1. The van der Waals surface area contributed by atoms with Gasteiger partial charge in [0.2, 0.25) is 5.88 Å². The van der Waals surface area contributed by atoms with Crippen LogP contribution >= 0.6 is 0 Å². The average molecular weight is 292 g/mol. The van der Waals surface area contributed by atoms with Crippen LogP contribution in [0.4, 0.5) is 10.1 Å². The SMILES string of the molecule is Cc1ccc(F)c(Oc2cc(C(=O)O)c([N+](=O)[O-])cn2)c1. The van der Waals surface area contributed by atoms with Gasteiger partial charge in [0.1, 0.15) is 11.8 Å². The molecule has 2 aromatic rings. The lowest BCUT2D eigenvalue weighted by Crippen LogP contribution is -2.04. The second-order valence-corrected chi connectivity index (χ2v) is 4.14. The van der Waals surface area contributed by atoms with Crippen molar-refractivity contribution >= 4 is 11.7 Å². The summed E-state index contributed by atoms with van der Waals surface area (Å²) in [4.78, 5) is 24.4. The van der Waals surface area contributed by atoms with Gasteiger partial charge in [-0.05, 0) is 24.6 Å². The van der Waals surface area contributed by atoms with Crippen molar-refractivity contribution in [2.24, 2.45) is 0 Å². The summed E-state index contributed by atoms with van der Waals surface area (Å²) in [6.07, 6.45) is 0.756. The number of pyridine rings is 1. The molecular formula is C13H9FN2O5. The third kappa shape index (κ3) is 3.11. The number of aromatic nitrogens is 1. The fourth-order valence-electron chi connectivity index (χ4n) is 1.60. The Kier molecular flexibility index (Phi) is 3.79. The number of halogens is 1. The topological polar surface area (TPSA) is 103 Å². The molecule has 0 bridgehead atoms. The summed E-state index contributed by atoms with van der Waals surface area (Å²) in [6.45, 7) is 1.72. The van der Waals surface area contributed by atoms with Gasteiger partial charge < -0.3 is 9.84 Å². The molecule has 0 aliphatic carbocycles. The van der Waals surface area contributed by atoms with E-state index in [1.54, 1.807) is 6.92 Å². The van der Waals surface area contributed by atoms with E-state index in [0.717, 1.165) is 17.8 Å². The molecular weight excluding hydrogens is 283 g/mol. The molecule has 0 spiro atoms. The van der Waals surface area contributed by atoms with Crippen molar-refractivity contribution in [3.05, 3.63) is 57.5 Å². The number of benzene rings is 1. The lowest BCUT2D eigenvalue weighted by molar-refractivity contribution is -0.385. The number of hydrogen-bond donors (Lipinski definition) is 1. The zero-order chi connectivity index (χ0) is 15.6. The van der Waals surface area contributed by atoms with Crippen molar-refractivity contribution in [1.82, 2.24) is 4.98 Å². The van der Waals surface area contributed by atoms with E-state index in [4.69, 9.17) is 9.84 Å². The highest BCUT2D eigenvalue weighted by atomic mass is 19.1. The lowest BCUT2D eigenvalue weighted by Gasteiger charge is -2.07. The fourth-order valence-corrected chi connectivity index (χ4v) is 1.60. The maximum Gasteiger partial charge on any atom is 0.342 e. The summed E-state index contributed by atoms with van der Waals surface area (Å²) in [7, 11) is 0. The van der Waals surface area contributed by atoms with Crippen LogP contribution in [0.15, 0.2) is 30.5 Å². The van der Waals surface area contributed by atoms with Gasteiger partial charge in [0, 0.05) is 6.07 Å². The number of ether oxygens (including phenoxy) is 1. The summed E-state index contributed by atoms with van der Waals surface area (Å²) in [5, 5.41) is 19.6. The molecule has 8 heteroatoms. The minimum atomic E-state index is -1.50. The van der Waals surface area contributed by atoms with E-state index in [0.29, 0.717) is 0 Å². The molecule has 1 heterocycles. The molecule has 1 aromatic carbocycles. The van der Waals surface area contributed by atoms with E-state index in [-0.39, 0.29) is 11.6 Å².